The van der Waals surface area contributed by atoms with Crippen LogP contribution in [0.4, 0.5) is 0 Å². The van der Waals surface area contributed by atoms with Gasteiger partial charge in [-0.25, -0.2) is 0 Å². The molecule has 14 heavy (non-hydrogen) atoms. The van der Waals surface area contributed by atoms with Crippen molar-refractivity contribution in [2.45, 2.75) is 51.9 Å². The van der Waals surface area contributed by atoms with Crippen LogP contribution in [0, 0.1) is 0 Å². The van der Waals surface area contributed by atoms with Crippen LogP contribution in [0.2, 0.25) is 0 Å². The van der Waals surface area contributed by atoms with Crippen molar-refractivity contribution in [3.63, 3.8) is 0 Å². The highest BCUT2D eigenvalue weighted by atomic mass is 16.1. The average Bonchev–Trinajstić information content (AvgIpc) is 2.25. The van der Waals surface area contributed by atoms with Gasteiger partial charge in [0.1, 0.15) is 0 Å². The summed E-state index contributed by atoms with van der Waals surface area (Å²) in [4.78, 5) is 11.6. The summed E-state index contributed by atoms with van der Waals surface area (Å²) in [5, 5.41) is 2.98. The molecule has 1 N–H and O–H groups in total. The van der Waals surface area contributed by atoms with E-state index in [4.69, 9.17) is 0 Å². The van der Waals surface area contributed by atoms with E-state index < -0.39 is 0 Å². The third kappa shape index (κ3) is 3.95. The maximum absolute atomic E-state index is 11.6. The Bertz CT molecular complexity index is 208. The predicted octanol–water partition coefficient (Wildman–Crippen LogP) is 2.79. The lowest BCUT2D eigenvalue weighted by molar-refractivity contribution is -0.117. The van der Waals surface area contributed by atoms with Gasteiger partial charge in [0, 0.05) is 12.1 Å². The van der Waals surface area contributed by atoms with Crippen molar-refractivity contribution in [2.24, 2.45) is 0 Å². The zero-order chi connectivity index (χ0) is 10.2. The van der Waals surface area contributed by atoms with Gasteiger partial charge in [0.25, 0.3) is 0 Å². The maximum Gasteiger partial charge on any atom is 0.246 e. The second kappa shape index (κ2) is 6.63. The van der Waals surface area contributed by atoms with E-state index in [1.807, 2.05) is 0 Å². The lowest BCUT2D eigenvalue weighted by Crippen LogP contribution is -2.26. The molecule has 0 aliphatic heterocycles. The Morgan fingerprint density at radius 2 is 2.29 bits per heavy atom. The molecule has 0 saturated carbocycles. The van der Waals surface area contributed by atoms with Crippen LogP contribution < -0.4 is 5.32 Å². The number of unbranched alkanes of at least 4 members (excludes halogenated alkanes) is 2. The molecule has 1 rings (SSSR count). The molecule has 2 nitrogen and oxygen atoms in total. The fourth-order valence-corrected chi connectivity index (χ4v) is 1.73. The molecule has 1 aliphatic rings. The lowest BCUT2D eigenvalue weighted by Gasteiger charge is -2.12. The van der Waals surface area contributed by atoms with Gasteiger partial charge in [-0.2, -0.15) is 0 Å². The van der Waals surface area contributed by atoms with Gasteiger partial charge in [-0.1, -0.05) is 25.8 Å². The molecule has 0 aromatic carbocycles. The molecule has 0 radical (unpaired) electrons. The van der Waals surface area contributed by atoms with E-state index in [0.717, 1.165) is 31.4 Å². The van der Waals surface area contributed by atoms with Crippen molar-refractivity contribution in [1.82, 2.24) is 5.32 Å². The van der Waals surface area contributed by atoms with E-state index in [-0.39, 0.29) is 5.91 Å². The summed E-state index contributed by atoms with van der Waals surface area (Å²) >= 11 is 0. The van der Waals surface area contributed by atoms with E-state index in [1.165, 1.54) is 25.7 Å². The molecule has 0 saturated heterocycles. The quantitative estimate of drug-likeness (QED) is 0.671. The summed E-state index contributed by atoms with van der Waals surface area (Å²) in [6.07, 6.45) is 10.1. The number of hydrogen-bond donors (Lipinski definition) is 1. The number of carbonyl (C=O) groups is 1. The standard InChI is InChI=1S/C12H21NO/c1-2-3-7-10-13-12(14)11-8-5-4-6-9-11/h8H,2-7,9-10H2,1H3,(H,13,14). The number of amides is 1. The Kier molecular flexibility index (Phi) is 5.35. The second-order valence-corrected chi connectivity index (χ2v) is 3.94. The van der Waals surface area contributed by atoms with E-state index in [0.29, 0.717) is 0 Å². The van der Waals surface area contributed by atoms with Crippen molar-refractivity contribution in [2.75, 3.05) is 6.54 Å². The second-order valence-electron chi connectivity index (χ2n) is 3.94. The van der Waals surface area contributed by atoms with Crippen molar-refractivity contribution < 1.29 is 4.79 Å². The minimum atomic E-state index is 0.167. The van der Waals surface area contributed by atoms with Crippen molar-refractivity contribution in [3.8, 4) is 0 Å². The normalized spacial score (nSPS) is 16.2. The van der Waals surface area contributed by atoms with Gasteiger partial charge in [-0.3, -0.25) is 4.79 Å². The molecule has 0 aromatic rings. The van der Waals surface area contributed by atoms with Gasteiger partial charge in [0.2, 0.25) is 5.91 Å². The molecule has 0 aromatic heterocycles. The summed E-state index contributed by atoms with van der Waals surface area (Å²) in [6, 6.07) is 0. The van der Waals surface area contributed by atoms with Gasteiger partial charge in [0.15, 0.2) is 0 Å². The molecule has 0 bridgehead atoms. The summed E-state index contributed by atoms with van der Waals surface area (Å²) in [5.41, 5.74) is 1.01. The first-order valence-corrected chi connectivity index (χ1v) is 5.82. The van der Waals surface area contributed by atoms with Crippen LogP contribution in [0.5, 0.6) is 0 Å². The molecule has 0 spiro atoms. The summed E-state index contributed by atoms with van der Waals surface area (Å²) in [6.45, 7) is 3.01. The monoisotopic (exact) mass is 195 g/mol. The minimum absolute atomic E-state index is 0.167. The molecular formula is C12H21NO. The van der Waals surface area contributed by atoms with Crippen molar-refractivity contribution >= 4 is 5.91 Å². The van der Waals surface area contributed by atoms with Crippen molar-refractivity contribution in [1.29, 1.82) is 0 Å². The van der Waals surface area contributed by atoms with Crippen LogP contribution in [-0.2, 0) is 4.79 Å². The summed E-state index contributed by atoms with van der Waals surface area (Å²) < 4.78 is 0. The highest BCUT2D eigenvalue weighted by molar-refractivity contribution is 5.93. The lowest BCUT2D eigenvalue weighted by atomic mass is 9.99. The SMILES string of the molecule is CCCCCNC(=O)C1=CCCCC1. The van der Waals surface area contributed by atoms with Gasteiger partial charge >= 0.3 is 0 Å². The molecular weight excluding hydrogens is 174 g/mol. The number of hydrogen-bond acceptors (Lipinski definition) is 1. The van der Waals surface area contributed by atoms with Crippen LogP contribution in [0.1, 0.15) is 51.9 Å². The fourth-order valence-electron chi connectivity index (χ4n) is 1.73. The van der Waals surface area contributed by atoms with Gasteiger partial charge in [0.05, 0.1) is 0 Å². The Balaban J connectivity index is 2.17. The van der Waals surface area contributed by atoms with Gasteiger partial charge < -0.3 is 5.32 Å². The van der Waals surface area contributed by atoms with E-state index in [1.54, 1.807) is 0 Å². The predicted molar refractivity (Wildman–Crippen MR) is 59.1 cm³/mol. The van der Waals surface area contributed by atoms with Crippen LogP contribution in [-0.4, -0.2) is 12.5 Å². The van der Waals surface area contributed by atoms with Crippen molar-refractivity contribution in [3.05, 3.63) is 11.6 Å². The fraction of sp³-hybridized carbons (Fsp3) is 0.750. The van der Waals surface area contributed by atoms with Crippen LogP contribution in [0.25, 0.3) is 0 Å². The van der Waals surface area contributed by atoms with E-state index in [9.17, 15) is 4.79 Å². The van der Waals surface area contributed by atoms with Crippen LogP contribution in [0.15, 0.2) is 11.6 Å². The van der Waals surface area contributed by atoms with Gasteiger partial charge in [-0.15, -0.1) is 0 Å². The number of rotatable bonds is 5. The smallest absolute Gasteiger partial charge is 0.246 e. The molecule has 80 valence electrons. The zero-order valence-corrected chi connectivity index (χ0v) is 9.14. The molecule has 0 heterocycles. The molecule has 0 atom stereocenters. The minimum Gasteiger partial charge on any atom is -0.352 e. The first-order chi connectivity index (χ1) is 6.84. The average molecular weight is 195 g/mol. The first kappa shape index (κ1) is 11.3. The summed E-state index contributed by atoms with van der Waals surface area (Å²) in [7, 11) is 0. The molecule has 2 heteroatoms. The first-order valence-electron chi connectivity index (χ1n) is 5.82. The number of allylic oxidation sites excluding steroid dienone is 1. The highest BCUT2D eigenvalue weighted by Gasteiger charge is 2.10. The molecule has 1 amide bonds. The Hall–Kier alpha value is -0.790. The van der Waals surface area contributed by atoms with E-state index in [2.05, 4.69) is 18.3 Å². The largest absolute Gasteiger partial charge is 0.352 e. The third-order valence-electron chi connectivity index (χ3n) is 2.65. The van der Waals surface area contributed by atoms with Crippen LogP contribution >= 0.6 is 0 Å². The van der Waals surface area contributed by atoms with E-state index >= 15 is 0 Å². The Morgan fingerprint density at radius 3 is 2.93 bits per heavy atom. The Labute approximate surface area is 86.8 Å². The van der Waals surface area contributed by atoms with Crippen LogP contribution in [0.3, 0.4) is 0 Å². The molecule has 1 aliphatic carbocycles. The number of nitrogens with one attached hydrogen (secondary N) is 1. The summed E-state index contributed by atoms with van der Waals surface area (Å²) in [5.74, 6) is 0.167. The topological polar surface area (TPSA) is 29.1 Å². The zero-order valence-electron chi connectivity index (χ0n) is 9.14. The Morgan fingerprint density at radius 1 is 1.43 bits per heavy atom. The number of carbonyl (C=O) groups excluding carboxylic acids is 1. The molecule has 0 unspecified atom stereocenters. The van der Waals surface area contributed by atoms with Gasteiger partial charge in [-0.05, 0) is 32.1 Å². The third-order valence-corrected chi connectivity index (χ3v) is 2.65. The molecule has 0 fully saturated rings. The maximum atomic E-state index is 11.6. The highest BCUT2D eigenvalue weighted by Crippen LogP contribution is 2.16.